The van der Waals surface area contributed by atoms with Gasteiger partial charge in [0, 0.05) is 0 Å². The van der Waals surface area contributed by atoms with Crippen LogP contribution in [0, 0.1) is 5.41 Å². The molecule has 23 heavy (non-hydrogen) atoms. The van der Waals surface area contributed by atoms with E-state index < -0.39 is 28.7 Å². The lowest BCUT2D eigenvalue weighted by atomic mass is 9.65. The second-order valence-corrected chi connectivity index (χ2v) is 5.59. The van der Waals surface area contributed by atoms with E-state index in [0.717, 1.165) is 12.1 Å². The molecule has 2 N–H and O–H groups in total. The molecule has 0 amide bonds. The Bertz CT molecular complexity index is 666. The summed E-state index contributed by atoms with van der Waals surface area (Å²) in [6.45, 7) is 3.38. The molecule has 1 aromatic carbocycles. The van der Waals surface area contributed by atoms with Crippen LogP contribution < -0.4 is 5.73 Å². The molecule has 0 radical (unpaired) electrons. The zero-order valence-electron chi connectivity index (χ0n) is 12.9. The van der Waals surface area contributed by atoms with Gasteiger partial charge in [-0.15, -0.1) is 0 Å². The average Bonchev–Trinajstić information content (AvgIpc) is 2.50. The Balaban J connectivity index is 2.56. The molecule has 0 aromatic heterocycles. The Morgan fingerprint density at radius 1 is 1.26 bits per heavy atom. The van der Waals surface area contributed by atoms with E-state index >= 15 is 0 Å². The number of nitrogens with two attached hydrogens (primary N) is 1. The predicted molar refractivity (Wildman–Crippen MR) is 80.3 cm³/mol. The summed E-state index contributed by atoms with van der Waals surface area (Å²) in [5.41, 5.74) is 3.04. The molecule has 2 unspecified atom stereocenters. The van der Waals surface area contributed by atoms with E-state index in [9.17, 15) is 18.0 Å². The summed E-state index contributed by atoms with van der Waals surface area (Å²) in [4.78, 5) is 12.4. The number of carbonyl (C=O) groups excluding carboxylic acids is 1. The number of hydrogen-bond donors (Lipinski definition) is 1. The Morgan fingerprint density at radius 2 is 1.91 bits per heavy atom. The van der Waals surface area contributed by atoms with Gasteiger partial charge in [-0.1, -0.05) is 36.4 Å². The summed E-state index contributed by atoms with van der Waals surface area (Å²) in [5.74, 6) is -0.583. The maximum Gasteiger partial charge on any atom is 0.416 e. The van der Waals surface area contributed by atoms with Gasteiger partial charge in [0.2, 0.25) is 0 Å². The van der Waals surface area contributed by atoms with Crippen LogP contribution in [0.3, 0.4) is 0 Å². The fourth-order valence-electron chi connectivity index (χ4n) is 2.63. The molecule has 0 bridgehead atoms. The third-order valence-corrected chi connectivity index (χ3v) is 4.13. The number of hydrogen-bond acceptors (Lipinski definition) is 3. The highest BCUT2D eigenvalue weighted by molar-refractivity contribution is 5.82. The molecule has 0 aliphatic heterocycles. The molecular weight excluding hydrogens is 307 g/mol. The number of benzene rings is 1. The molecule has 6 heteroatoms. The highest BCUT2D eigenvalue weighted by atomic mass is 19.4. The lowest BCUT2D eigenvalue weighted by molar-refractivity contribution is -0.154. The normalized spacial score (nSPS) is 27.0. The molecule has 3 nitrogen and oxygen atoms in total. The quantitative estimate of drug-likeness (QED) is 0.865. The lowest BCUT2D eigenvalue weighted by Crippen LogP contribution is -2.54. The number of esters is 1. The van der Waals surface area contributed by atoms with Crippen molar-refractivity contribution in [2.45, 2.75) is 25.6 Å². The fraction of sp³-hybridized carbons (Fsp3) is 0.353. The number of halogens is 3. The minimum Gasteiger partial charge on any atom is -0.465 e. The predicted octanol–water partition coefficient (Wildman–Crippen LogP) is 3.55. The van der Waals surface area contributed by atoms with Gasteiger partial charge in [0.25, 0.3) is 0 Å². The molecule has 2 atom stereocenters. The maximum atomic E-state index is 13.0. The van der Waals surface area contributed by atoms with E-state index in [2.05, 4.69) is 0 Å². The first-order valence-electron chi connectivity index (χ1n) is 7.16. The highest BCUT2D eigenvalue weighted by Gasteiger charge is 2.51. The Hall–Kier alpha value is -2.08. The van der Waals surface area contributed by atoms with E-state index in [1.807, 2.05) is 0 Å². The van der Waals surface area contributed by atoms with Crippen molar-refractivity contribution in [3.8, 4) is 0 Å². The molecule has 0 fully saturated rings. The van der Waals surface area contributed by atoms with E-state index in [-0.39, 0.29) is 12.2 Å². The summed E-state index contributed by atoms with van der Waals surface area (Å²) in [6.07, 6.45) is 1.85. The molecule has 1 aromatic rings. The van der Waals surface area contributed by atoms with Gasteiger partial charge in [-0.25, -0.2) is 0 Å². The smallest absolute Gasteiger partial charge is 0.416 e. The molecule has 0 saturated heterocycles. The summed E-state index contributed by atoms with van der Waals surface area (Å²) in [5, 5.41) is 0. The summed E-state index contributed by atoms with van der Waals surface area (Å²) >= 11 is 0. The first-order chi connectivity index (χ1) is 10.6. The van der Waals surface area contributed by atoms with Gasteiger partial charge in [0.05, 0.1) is 17.7 Å². The fourth-order valence-corrected chi connectivity index (χ4v) is 2.63. The maximum absolute atomic E-state index is 13.0. The van der Waals surface area contributed by atoms with Crippen LogP contribution in [0.1, 0.15) is 25.0 Å². The van der Waals surface area contributed by atoms with Crippen molar-refractivity contribution in [3.05, 3.63) is 59.7 Å². The molecule has 0 heterocycles. The van der Waals surface area contributed by atoms with Crippen LogP contribution in [0.4, 0.5) is 13.2 Å². The first kappa shape index (κ1) is 17.3. The van der Waals surface area contributed by atoms with Crippen LogP contribution in [0.25, 0.3) is 0 Å². The molecule has 0 saturated carbocycles. The molecule has 2 rings (SSSR count). The zero-order chi connectivity index (χ0) is 17.3. The van der Waals surface area contributed by atoms with Crippen molar-refractivity contribution in [1.82, 2.24) is 0 Å². The summed E-state index contributed by atoms with van der Waals surface area (Å²) in [6, 6.07) is 4.71. The number of carbonyl (C=O) groups is 1. The van der Waals surface area contributed by atoms with Crippen LogP contribution >= 0.6 is 0 Å². The molecule has 1 aliphatic rings. The standard InChI is InChI=1S/C17H18F3NO2/c1-3-23-14(22)15(2)9-4-5-10-16(15,21)12-7-6-8-13(11-12)17(18,19)20/h4-11H,3,21H2,1-2H3. The third-order valence-electron chi connectivity index (χ3n) is 4.13. The van der Waals surface area contributed by atoms with Gasteiger partial charge < -0.3 is 10.5 Å². The van der Waals surface area contributed by atoms with Crippen LogP contribution in [0.5, 0.6) is 0 Å². The van der Waals surface area contributed by atoms with E-state index in [1.54, 1.807) is 32.1 Å². The first-order valence-corrected chi connectivity index (χ1v) is 7.16. The van der Waals surface area contributed by atoms with Crippen molar-refractivity contribution >= 4 is 5.97 Å². The van der Waals surface area contributed by atoms with Crippen LogP contribution in [-0.4, -0.2) is 12.6 Å². The minimum absolute atomic E-state index is 0.157. The second-order valence-electron chi connectivity index (χ2n) is 5.59. The van der Waals surface area contributed by atoms with E-state index in [1.165, 1.54) is 18.2 Å². The van der Waals surface area contributed by atoms with Crippen molar-refractivity contribution in [1.29, 1.82) is 0 Å². The largest absolute Gasteiger partial charge is 0.465 e. The second kappa shape index (κ2) is 5.85. The number of alkyl halides is 3. The zero-order valence-corrected chi connectivity index (χ0v) is 12.9. The lowest BCUT2D eigenvalue weighted by Gasteiger charge is -2.42. The van der Waals surface area contributed by atoms with Crippen molar-refractivity contribution in [2.24, 2.45) is 11.1 Å². The Kier molecular flexibility index (Phi) is 4.39. The summed E-state index contributed by atoms with van der Waals surface area (Å²) in [7, 11) is 0. The molecular formula is C17H18F3NO2. The summed E-state index contributed by atoms with van der Waals surface area (Å²) < 4.78 is 44.0. The van der Waals surface area contributed by atoms with Gasteiger partial charge in [-0.3, -0.25) is 4.79 Å². The SMILES string of the molecule is CCOC(=O)C1(C)C=CC=CC1(N)c1cccc(C(F)(F)F)c1. The minimum atomic E-state index is -4.49. The van der Waals surface area contributed by atoms with Crippen LogP contribution in [0.2, 0.25) is 0 Å². The average molecular weight is 325 g/mol. The van der Waals surface area contributed by atoms with Crippen molar-refractivity contribution in [3.63, 3.8) is 0 Å². The Morgan fingerprint density at radius 3 is 2.52 bits per heavy atom. The number of allylic oxidation sites excluding steroid dienone is 2. The van der Waals surface area contributed by atoms with Crippen LogP contribution in [0.15, 0.2) is 48.6 Å². The monoisotopic (exact) mass is 325 g/mol. The van der Waals surface area contributed by atoms with Crippen LogP contribution in [-0.2, 0) is 21.2 Å². The van der Waals surface area contributed by atoms with Gasteiger partial charge in [-0.05, 0) is 31.5 Å². The molecule has 124 valence electrons. The van der Waals surface area contributed by atoms with Gasteiger partial charge >= 0.3 is 12.1 Å². The van der Waals surface area contributed by atoms with Gasteiger partial charge in [0.15, 0.2) is 0 Å². The number of ether oxygens (including phenoxy) is 1. The molecule has 1 aliphatic carbocycles. The topological polar surface area (TPSA) is 52.3 Å². The van der Waals surface area contributed by atoms with Gasteiger partial charge in [-0.2, -0.15) is 13.2 Å². The third kappa shape index (κ3) is 2.91. The van der Waals surface area contributed by atoms with E-state index in [4.69, 9.17) is 10.5 Å². The van der Waals surface area contributed by atoms with Crippen molar-refractivity contribution in [2.75, 3.05) is 6.61 Å². The van der Waals surface area contributed by atoms with Crippen molar-refractivity contribution < 1.29 is 22.7 Å². The number of rotatable bonds is 3. The van der Waals surface area contributed by atoms with Gasteiger partial charge in [0.1, 0.15) is 5.41 Å². The molecule has 0 spiro atoms. The highest BCUT2D eigenvalue weighted by Crippen LogP contribution is 2.44. The van der Waals surface area contributed by atoms with E-state index in [0.29, 0.717) is 0 Å². The Labute approximate surface area is 132 Å².